The van der Waals surface area contributed by atoms with Crippen molar-refractivity contribution < 1.29 is 4.79 Å². The second-order valence-corrected chi connectivity index (χ2v) is 3.80. The lowest BCUT2D eigenvalue weighted by atomic mass is 9.91. The Morgan fingerprint density at radius 3 is 2.46 bits per heavy atom. The van der Waals surface area contributed by atoms with Gasteiger partial charge in [-0.1, -0.05) is 6.92 Å². The zero-order valence-electron chi connectivity index (χ0n) is 8.47. The third kappa shape index (κ3) is 1.76. The molecule has 0 aromatic rings. The molecular formula is C11H17NO. The Morgan fingerprint density at radius 1 is 1.54 bits per heavy atom. The van der Waals surface area contributed by atoms with Gasteiger partial charge in [0.25, 0.3) is 0 Å². The maximum Gasteiger partial charge on any atom is 0.225 e. The predicted molar refractivity (Wildman–Crippen MR) is 53.3 cm³/mol. The molecule has 2 nitrogen and oxygen atoms in total. The van der Waals surface area contributed by atoms with Gasteiger partial charge in [-0.3, -0.25) is 9.69 Å². The SMILES string of the molecule is C#CC(=O)C(C)(CC)N1CCCC1. The molecule has 0 saturated carbocycles. The number of hydrogen-bond acceptors (Lipinski definition) is 2. The number of rotatable bonds is 3. The first-order valence-electron chi connectivity index (χ1n) is 4.91. The summed E-state index contributed by atoms with van der Waals surface area (Å²) >= 11 is 0. The molecule has 2 heteroatoms. The molecule has 0 amide bonds. The van der Waals surface area contributed by atoms with Crippen LogP contribution >= 0.6 is 0 Å². The van der Waals surface area contributed by atoms with Crippen molar-refractivity contribution in [1.29, 1.82) is 0 Å². The number of hydrogen-bond donors (Lipinski definition) is 0. The number of ketones is 1. The summed E-state index contributed by atoms with van der Waals surface area (Å²) in [7, 11) is 0. The van der Waals surface area contributed by atoms with E-state index >= 15 is 0 Å². The van der Waals surface area contributed by atoms with Crippen LogP contribution in [0.5, 0.6) is 0 Å². The molecular weight excluding hydrogens is 162 g/mol. The first kappa shape index (κ1) is 10.3. The van der Waals surface area contributed by atoms with Crippen molar-refractivity contribution in [2.24, 2.45) is 0 Å². The van der Waals surface area contributed by atoms with Gasteiger partial charge in [0.2, 0.25) is 5.78 Å². The molecule has 1 heterocycles. The van der Waals surface area contributed by atoms with E-state index in [0.29, 0.717) is 0 Å². The first-order valence-corrected chi connectivity index (χ1v) is 4.91. The molecule has 1 unspecified atom stereocenters. The zero-order valence-corrected chi connectivity index (χ0v) is 8.47. The average Bonchev–Trinajstić information content (AvgIpc) is 2.68. The fourth-order valence-corrected chi connectivity index (χ4v) is 1.89. The smallest absolute Gasteiger partial charge is 0.225 e. The average molecular weight is 179 g/mol. The van der Waals surface area contributed by atoms with Crippen LogP contribution in [0.1, 0.15) is 33.1 Å². The first-order chi connectivity index (χ1) is 6.15. The van der Waals surface area contributed by atoms with Crippen molar-refractivity contribution in [3.05, 3.63) is 0 Å². The molecule has 0 radical (unpaired) electrons. The third-order valence-corrected chi connectivity index (χ3v) is 3.11. The van der Waals surface area contributed by atoms with Gasteiger partial charge in [-0.15, -0.1) is 6.42 Å². The Hall–Kier alpha value is -0.810. The van der Waals surface area contributed by atoms with Crippen LogP contribution in [0.2, 0.25) is 0 Å². The van der Waals surface area contributed by atoms with Crippen molar-refractivity contribution in [3.63, 3.8) is 0 Å². The number of carbonyl (C=O) groups is 1. The number of likely N-dealkylation sites (tertiary alicyclic amines) is 1. The number of carbonyl (C=O) groups excluding carboxylic acids is 1. The summed E-state index contributed by atoms with van der Waals surface area (Å²) < 4.78 is 0. The van der Waals surface area contributed by atoms with Crippen molar-refractivity contribution >= 4 is 5.78 Å². The molecule has 13 heavy (non-hydrogen) atoms. The molecule has 1 aliphatic heterocycles. The summed E-state index contributed by atoms with van der Waals surface area (Å²) in [5, 5.41) is 0. The number of Topliss-reactive ketones (excluding diaryl/α,β-unsaturated/α-hetero) is 1. The largest absolute Gasteiger partial charge is 0.290 e. The highest BCUT2D eigenvalue weighted by Crippen LogP contribution is 2.25. The summed E-state index contributed by atoms with van der Waals surface area (Å²) in [5.41, 5.74) is -0.411. The summed E-state index contributed by atoms with van der Waals surface area (Å²) in [6.07, 6.45) is 8.35. The van der Waals surface area contributed by atoms with E-state index in [1.165, 1.54) is 12.8 Å². The van der Waals surface area contributed by atoms with E-state index in [1.807, 2.05) is 13.8 Å². The lowest BCUT2D eigenvalue weighted by molar-refractivity contribution is -0.124. The van der Waals surface area contributed by atoms with E-state index in [4.69, 9.17) is 6.42 Å². The Morgan fingerprint density at radius 2 is 2.08 bits per heavy atom. The van der Waals surface area contributed by atoms with Gasteiger partial charge in [0.1, 0.15) is 0 Å². The molecule has 1 atom stereocenters. The second-order valence-electron chi connectivity index (χ2n) is 3.80. The molecule has 0 aromatic carbocycles. The number of nitrogens with zero attached hydrogens (tertiary/aromatic N) is 1. The molecule has 0 aliphatic carbocycles. The van der Waals surface area contributed by atoms with Gasteiger partial charge < -0.3 is 0 Å². The fourth-order valence-electron chi connectivity index (χ4n) is 1.89. The summed E-state index contributed by atoms with van der Waals surface area (Å²) in [6, 6.07) is 0. The minimum Gasteiger partial charge on any atom is -0.290 e. The highest BCUT2D eigenvalue weighted by molar-refractivity contribution is 6.02. The summed E-state index contributed by atoms with van der Waals surface area (Å²) in [5.74, 6) is 2.18. The molecule has 72 valence electrons. The van der Waals surface area contributed by atoms with E-state index in [1.54, 1.807) is 0 Å². The second kappa shape index (κ2) is 3.93. The van der Waals surface area contributed by atoms with Crippen molar-refractivity contribution in [1.82, 2.24) is 4.90 Å². The van der Waals surface area contributed by atoms with E-state index in [2.05, 4.69) is 10.8 Å². The number of terminal acetylenes is 1. The Kier molecular flexibility index (Phi) is 3.11. The van der Waals surface area contributed by atoms with Crippen LogP contribution in [0.3, 0.4) is 0 Å². The molecule has 1 saturated heterocycles. The summed E-state index contributed by atoms with van der Waals surface area (Å²) in [4.78, 5) is 13.8. The van der Waals surface area contributed by atoms with Crippen LogP contribution < -0.4 is 0 Å². The van der Waals surface area contributed by atoms with Crippen LogP contribution in [0.25, 0.3) is 0 Å². The van der Waals surface area contributed by atoms with Crippen LogP contribution in [0.15, 0.2) is 0 Å². The van der Waals surface area contributed by atoms with Crippen LogP contribution in [0.4, 0.5) is 0 Å². The third-order valence-electron chi connectivity index (χ3n) is 3.11. The van der Waals surface area contributed by atoms with Gasteiger partial charge >= 0.3 is 0 Å². The fraction of sp³-hybridized carbons (Fsp3) is 0.727. The van der Waals surface area contributed by atoms with Gasteiger partial charge in [0, 0.05) is 0 Å². The zero-order chi connectivity index (χ0) is 9.90. The molecule has 0 N–H and O–H groups in total. The molecule has 1 fully saturated rings. The van der Waals surface area contributed by atoms with E-state index in [-0.39, 0.29) is 5.78 Å². The lowest BCUT2D eigenvalue weighted by Crippen LogP contribution is -2.50. The van der Waals surface area contributed by atoms with Gasteiger partial charge in [-0.05, 0) is 45.2 Å². The summed E-state index contributed by atoms with van der Waals surface area (Å²) in [6.45, 7) is 6.00. The molecule has 1 rings (SSSR count). The minimum atomic E-state index is -0.411. The van der Waals surface area contributed by atoms with Crippen molar-refractivity contribution in [2.75, 3.05) is 13.1 Å². The predicted octanol–water partition coefficient (Wildman–Crippen LogP) is 1.45. The Bertz CT molecular complexity index is 235. The highest BCUT2D eigenvalue weighted by Gasteiger charge is 2.37. The van der Waals surface area contributed by atoms with Gasteiger partial charge in [-0.2, -0.15) is 0 Å². The van der Waals surface area contributed by atoms with Gasteiger partial charge in [-0.25, -0.2) is 0 Å². The maximum atomic E-state index is 11.6. The van der Waals surface area contributed by atoms with Crippen LogP contribution in [-0.2, 0) is 4.79 Å². The normalized spacial score (nSPS) is 22.2. The molecule has 1 aliphatic rings. The highest BCUT2D eigenvalue weighted by atomic mass is 16.1. The van der Waals surface area contributed by atoms with E-state index in [0.717, 1.165) is 19.5 Å². The Balaban J connectivity index is 2.79. The quantitative estimate of drug-likeness (QED) is 0.483. The van der Waals surface area contributed by atoms with E-state index in [9.17, 15) is 4.79 Å². The van der Waals surface area contributed by atoms with Gasteiger partial charge in [0.05, 0.1) is 5.54 Å². The molecule has 0 spiro atoms. The van der Waals surface area contributed by atoms with Crippen LogP contribution in [0, 0.1) is 12.3 Å². The molecule has 0 bridgehead atoms. The molecule has 0 aromatic heterocycles. The monoisotopic (exact) mass is 179 g/mol. The van der Waals surface area contributed by atoms with E-state index < -0.39 is 5.54 Å². The lowest BCUT2D eigenvalue weighted by Gasteiger charge is -2.34. The van der Waals surface area contributed by atoms with Gasteiger partial charge in [0.15, 0.2) is 0 Å². The topological polar surface area (TPSA) is 20.3 Å². The van der Waals surface area contributed by atoms with Crippen LogP contribution in [-0.4, -0.2) is 29.3 Å². The van der Waals surface area contributed by atoms with Crippen molar-refractivity contribution in [3.8, 4) is 12.3 Å². The van der Waals surface area contributed by atoms with Crippen molar-refractivity contribution in [2.45, 2.75) is 38.6 Å². The standard InChI is InChI=1S/C11H17NO/c1-4-10(13)11(3,5-2)12-8-6-7-9-12/h1H,5-9H2,2-3H3. The minimum absolute atomic E-state index is 0.0723. The Labute approximate surface area is 80.3 Å². The maximum absolute atomic E-state index is 11.6.